The molecule has 122 valence electrons. The number of urea groups is 1. The SMILES string of the molecule is O=C(Nc1ccc2nc[nH]c2c1)N1CCN(c2ccccn2)CC1. The highest BCUT2D eigenvalue weighted by atomic mass is 16.2. The Hall–Kier alpha value is -3.09. The Balaban J connectivity index is 1.37. The maximum absolute atomic E-state index is 12.4. The third-order valence-electron chi connectivity index (χ3n) is 4.21. The van der Waals surface area contributed by atoms with Crippen molar-refractivity contribution >= 4 is 28.6 Å². The largest absolute Gasteiger partial charge is 0.353 e. The summed E-state index contributed by atoms with van der Waals surface area (Å²) < 4.78 is 0. The average Bonchev–Trinajstić information content (AvgIpc) is 3.10. The molecule has 24 heavy (non-hydrogen) atoms. The number of imidazole rings is 1. The predicted molar refractivity (Wildman–Crippen MR) is 93.1 cm³/mol. The molecule has 7 heteroatoms. The lowest BCUT2D eigenvalue weighted by Crippen LogP contribution is -2.50. The van der Waals surface area contributed by atoms with Crippen molar-refractivity contribution in [3.63, 3.8) is 0 Å². The van der Waals surface area contributed by atoms with E-state index in [4.69, 9.17) is 0 Å². The summed E-state index contributed by atoms with van der Waals surface area (Å²) in [5.41, 5.74) is 2.56. The third-order valence-corrected chi connectivity index (χ3v) is 4.21. The van der Waals surface area contributed by atoms with Gasteiger partial charge >= 0.3 is 6.03 Å². The van der Waals surface area contributed by atoms with E-state index in [1.807, 2.05) is 41.3 Å². The second kappa shape index (κ2) is 6.19. The fourth-order valence-electron chi connectivity index (χ4n) is 2.90. The Kier molecular flexibility index (Phi) is 3.74. The third kappa shape index (κ3) is 2.88. The Morgan fingerprint density at radius 3 is 2.75 bits per heavy atom. The van der Waals surface area contributed by atoms with Gasteiger partial charge < -0.3 is 20.1 Å². The number of hydrogen-bond donors (Lipinski definition) is 2. The number of amides is 2. The normalized spacial score (nSPS) is 14.8. The van der Waals surface area contributed by atoms with Crippen molar-refractivity contribution in [3.8, 4) is 0 Å². The van der Waals surface area contributed by atoms with Crippen LogP contribution in [0.5, 0.6) is 0 Å². The molecule has 0 aliphatic carbocycles. The van der Waals surface area contributed by atoms with Gasteiger partial charge in [0.25, 0.3) is 0 Å². The van der Waals surface area contributed by atoms with Gasteiger partial charge in [0.05, 0.1) is 17.4 Å². The Bertz CT molecular complexity index is 838. The molecular weight excluding hydrogens is 304 g/mol. The topological polar surface area (TPSA) is 77.2 Å². The summed E-state index contributed by atoms with van der Waals surface area (Å²) in [5, 5.41) is 2.95. The molecule has 0 spiro atoms. The molecule has 1 aliphatic heterocycles. The second-order valence-electron chi connectivity index (χ2n) is 5.73. The van der Waals surface area contributed by atoms with Gasteiger partial charge in [-0.05, 0) is 30.3 Å². The number of pyridine rings is 1. The first-order valence-corrected chi connectivity index (χ1v) is 7.95. The summed E-state index contributed by atoms with van der Waals surface area (Å²) >= 11 is 0. The van der Waals surface area contributed by atoms with Gasteiger partial charge in [-0.1, -0.05) is 6.07 Å². The summed E-state index contributed by atoms with van der Waals surface area (Å²) in [5.74, 6) is 0.960. The molecule has 0 saturated carbocycles. The van der Waals surface area contributed by atoms with E-state index in [0.717, 1.165) is 35.6 Å². The Morgan fingerprint density at radius 2 is 1.96 bits per heavy atom. The van der Waals surface area contributed by atoms with E-state index in [9.17, 15) is 4.79 Å². The minimum Gasteiger partial charge on any atom is -0.353 e. The minimum absolute atomic E-state index is 0.0745. The first-order chi connectivity index (χ1) is 11.8. The molecule has 4 rings (SSSR count). The van der Waals surface area contributed by atoms with Crippen molar-refractivity contribution in [2.45, 2.75) is 0 Å². The lowest BCUT2D eigenvalue weighted by molar-refractivity contribution is 0.208. The molecule has 0 atom stereocenters. The van der Waals surface area contributed by atoms with Gasteiger partial charge in [0.15, 0.2) is 0 Å². The number of hydrogen-bond acceptors (Lipinski definition) is 4. The number of aromatic nitrogens is 3. The highest BCUT2D eigenvalue weighted by Crippen LogP contribution is 2.17. The maximum Gasteiger partial charge on any atom is 0.321 e. The van der Waals surface area contributed by atoms with Gasteiger partial charge in [-0.25, -0.2) is 14.8 Å². The first kappa shape index (κ1) is 14.5. The summed E-state index contributed by atoms with van der Waals surface area (Å²) in [6.45, 7) is 2.91. The van der Waals surface area contributed by atoms with E-state index in [-0.39, 0.29) is 6.03 Å². The smallest absolute Gasteiger partial charge is 0.321 e. The lowest BCUT2D eigenvalue weighted by atomic mass is 10.2. The van der Waals surface area contributed by atoms with Crippen molar-refractivity contribution < 1.29 is 4.79 Å². The molecule has 0 radical (unpaired) electrons. The molecule has 3 aromatic rings. The number of fused-ring (bicyclic) bond motifs is 1. The summed E-state index contributed by atoms with van der Waals surface area (Å²) in [4.78, 5) is 28.0. The zero-order chi connectivity index (χ0) is 16.4. The van der Waals surface area contributed by atoms with Crippen LogP contribution in [0.1, 0.15) is 0 Å². The zero-order valence-corrected chi connectivity index (χ0v) is 13.1. The fourth-order valence-corrected chi connectivity index (χ4v) is 2.90. The molecule has 0 bridgehead atoms. The number of carbonyl (C=O) groups excluding carboxylic acids is 1. The highest BCUT2D eigenvalue weighted by Gasteiger charge is 2.21. The first-order valence-electron chi connectivity index (χ1n) is 7.95. The van der Waals surface area contributed by atoms with Gasteiger partial charge in [0, 0.05) is 38.1 Å². The van der Waals surface area contributed by atoms with Crippen molar-refractivity contribution in [1.29, 1.82) is 0 Å². The molecule has 0 unspecified atom stereocenters. The van der Waals surface area contributed by atoms with Crippen LogP contribution in [-0.2, 0) is 0 Å². The van der Waals surface area contributed by atoms with Crippen LogP contribution in [-0.4, -0.2) is 52.1 Å². The van der Waals surface area contributed by atoms with Crippen LogP contribution in [0.2, 0.25) is 0 Å². The van der Waals surface area contributed by atoms with Crippen LogP contribution >= 0.6 is 0 Å². The van der Waals surface area contributed by atoms with Gasteiger partial charge in [-0.15, -0.1) is 0 Å². The van der Waals surface area contributed by atoms with E-state index in [1.165, 1.54) is 0 Å². The van der Waals surface area contributed by atoms with Gasteiger partial charge in [-0.2, -0.15) is 0 Å². The number of rotatable bonds is 2. The van der Waals surface area contributed by atoms with E-state index >= 15 is 0 Å². The van der Waals surface area contributed by atoms with Gasteiger partial charge in [0.1, 0.15) is 5.82 Å². The second-order valence-corrected chi connectivity index (χ2v) is 5.73. The van der Waals surface area contributed by atoms with E-state index in [1.54, 1.807) is 12.5 Å². The predicted octanol–water partition coefficient (Wildman–Crippen LogP) is 2.31. The van der Waals surface area contributed by atoms with Crippen LogP contribution in [0, 0.1) is 0 Å². The number of aromatic amines is 1. The number of anilines is 2. The quantitative estimate of drug-likeness (QED) is 0.759. The molecule has 1 aromatic carbocycles. The number of H-pyrrole nitrogens is 1. The molecule has 2 N–H and O–H groups in total. The van der Waals surface area contributed by atoms with Gasteiger partial charge in [-0.3, -0.25) is 0 Å². The minimum atomic E-state index is -0.0745. The number of nitrogens with zero attached hydrogens (tertiary/aromatic N) is 4. The number of piperazine rings is 1. The van der Waals surface area contributed by atoms with Crippen LogP contribution in [0.25, 0.3) is 11.0 Å². The van der Waals surface area contributed by atoms with E-state index in [2.05, 4.69) is 25.2 Å². The standard InChI is InChI=1S/C17H18N6O/c24-17(21-13-4-5-14-15(11-13)20-12-19-14)23-9-7-22(8-10-23)16-3-1-2-6-18-16/h1-6,11-12H,7-10H2,(H,19,20)(H,21,24). The fraction of sp³-hybridized carbons (Fsp3) is 0.235. The molecule has 2 amide bonds. The zero-order valence-electron chi connectivity index (χ0n) is 13.1. The van der Waals surface area contributed by atoms with Crippen LogP contribution in [0.15, 0.2) is 48.9 Å². The monoisotopic (exact) mass is 322 g/mol. The molecule has 1 fully saturated rings. The molecule has 2 aromatic heterocycles. The van der Waals surface area contributed by atoms with Crippen LogP contribution < -0.4 is 10.2 Å². The maximum atomic E-state index is 12.4. The average molecular weight is 322 g/mol. The van der Waals surface area contributed by atoms with Crippen molar-refractivity contribution in [2.75, 3.05) is 36.4 Å². The summed E-state index contributed by atoms with van der Waals surface area (Å²) in [6.07, 6.45) is 3.44. The molecular formula is C17H18N6O. The number of benzene rings is 1. The van der Waals surface area contributed by atoms with Crippen molar-refractivity contribution in [1.82, 2.24) is 19.9 Å². The number of carbonyl (C=O) groups is 1. The lowest BCUT2D eigenvalue weighted by Gasteiger charge is -2.35. The molecule has 7 nitrogen and oxygen atoms in total. The van der Waals surface area contributed by atoms with Crippen molar-refractivity contribution in [3.05, 3.63) is 48.9 Å². The molecule has 1 saturated heterocycles. The van der Waals surface area contributed by atoms with Crippen molar-refractivity contribution in [2.24, 2.45) is 0 Å². The molecule has 3 heterocycles. The Morgan fingerprint density at radius 1 is 1.08 bits per heavy atom. The summed E-state index contributed by atoms with van der Waals surface area (Å²) in [6, 6.07) is 11.5. The summed E-state index contributed by atoms with van der Waals surface area (Å²) in [7, 11) is 0. The highest BCUT2D eigenvalue weighted by molar-refractivity contribution is 5.92. The van der Waals surface area contributed by atoms with Gasteiger partial charge in [0.2, 0.25) is 0 Å². The van der Waals surface area contributed by atoms with E-state index < -0.39 is 0 Å². The van der Waals surface area contributed by atoms with Crippen LogP contribution in [0.4, 0.5) is 16.3 Å². The van der Waals surface area contributed by atoms with E-state index in [0.29, 0.717) is 13.1 Å². The number of nitrogens with one attached hydrogen (secondary N) is 2. The van der Waals surface area contributed by atoms with Crippen LogP contribution in [0.3, 0.4) is 0 Å². The Labute approximate surface area is 139 Å². The molecule has 1 aliphatic rings.